The average Bonchev–Trinajstić information content (AvgIpc) is 3.15. The number of ether oxygens (including phenoxy) is 1. The number of carbonyl (C=O) groups is 1. The van der Waals surface area contributed by atoms with Crippen LogP contribution in [0.5, 0.6) is 5.88 Å². The highest BCUT2D eigenvalue weighted by Crippen LogP contribution is 2.41. The van der Waals surface area contributed by atoms with E-state index in [1.165, 1.54) is 0 Å². The largest absolute Gasteiger partial charge is 0.463 e. The summed E-state index contributed by atoms with van der Waals surface area (Å²) < 4.78 is 11.0. The maximum absolute atomic E-state index is 10.7. The summed E-state index contributed by atoms with van der Waals surface area (Å²) >= 11 is 1.57. The number of nitrogens with zero attached hydrogens (tertiary/aromatic N) is 3. The summed E-state index contributed by atoms with van der Waals surface area (Å²) in [5.41, 5.74) is 8.86. The van der Waals surface area contributed by atoms with Gasteiger partial charge >= 0.3 is 0 Å². The van der Waals surface area contributed by atoms with Crippen molar-refractivity contribution in [3.05, 3.63) is 47.6 Å². The van der Waals surface area contributed by atoms with E-state index in [-0.39, 0.29) is 0 Å². The molecule has 0 saturated heterocycles. The Bertz CT molecular complexity index is 1210. The summed E-state index contributed by atoms with van der Waals surface area (Å²) in [5, 5.41) is 4.26. The number of hydrogen-bond acceptors (Lipinski definition) is 8. The molecule has 1 atom stereocenters. The predicted molar refractivity (Wildman–Crippen MR) is 132 cm³/mol. The Hall–Kier alpha value is -3.51. The van der Waals surface area contributed by atoms with E-state index in [1.807, 2.05) is 32.0 Å². The fourth-order valence-corrected chi connectivity index (χ4v) is 4.33. The molecule has 3 aromatic rings. The Morgan fingerprint density at radius 3 is 2.79 bits per heavy atom. The second-order valence-corrected chi connectivity index (χ2v) is 8.71. The van der Waals surface area contributed by atoms with Gasteiger partial charge in [0.2, 0.25) is 12.3 Å². The zero-order valence-electron chi connectivity index (χ0n) is 19.1. The summed E-state index contributed by atoms with van der Waals surface area (Å²) in [7, 11) is 0. The molecule has 3 N–H and O–H groups in total. The van der Waals surface area contributed by atoms with Gasteiger partial charge < -0.3 is 20.2 Å². The van der Waals surface area contributed by atoms with Crippen molar-refractivity contribution in [2.24, 2.45) is 10.7 Å². The summed E-state index contributed by atoms with van der Waals surface area (Å²) in [5.74, 6) is 7.76. The standard InChI is InChI=1S/C15H17N3O2S.C9H10N2O/c1-9-5-10-6-11(17-8-19)7-12(13(10)20-9)15(2)3-4-21-14(16)18-15;1-3-4-5-12-9-7-10-8(2)6-11-9/h5-8H,3-4H2,1-2H3,(H2,16,18)(H,17,19);6-7H,5H2,1-2H3. The Kier molecular flexibility index (Phi) is 7.96. The number of hydrogen-bond donors (Lipinski definition) is 2. The van der Waals surface area contributed by atoms with Gasteiger partial charge in [-0.2, -0.15) is 0 Å². The van der Waals surface area contributed by atoms with Crippen LogP contribution in [0.2, 0.25) is 0 Å². The van der Waals surface area contributed by atoms with Crippen molar-refractivity contribution >= 4 is 40.0 Å². The van der Waals surface area contributed by atoms with Crippen LogP contribution in [0.15, 0.2) is 40.0 Å². The molecule has 0 bridgehead atoms. The lowest BCUT2D eigenvalue weighted by atomic mass is 9.88. The maximum Gasteiger partial charge on any atom is 0.233 e. The highest BCUT2D eigenvalue weighted by atomic mass is 32.2. The van der Waals surface area contributed by atoms with E-state index >= 15 is 0 Å². The van der Waals surface area contributed by atoms with Gasteiger partial charge in [0.15, 0.2) is 11.8 Å². The van der Waals surface area contributed by atoms with Crippen LogP contribution < -0.4 is 15.8 Å². The Labute approximate surface area is 197 Å². The zero-order valence-corrected chi connectivity index (χ0v) is 20.0. The molecule has 1 aliphatic heterocycles. The number of rotatable bonds is 5. The summed E-state index contributed by atoms with van der Waals surface area (Å²) in [6, 6.07) is 5.78. The molecule has 1 unspecified atom stereocenters. The first-order valence-corrected chi connectivity index (χ1v) is 11.4. The highest BCUT2D eigenvalue weighted by molar-refractivity contribution is 8.13. The molecule has 3 heterocycles. The maximum atomic E-state index is 10.7. The van der Waals surface area contributed by atoms with Crippen molar-refractivity contribution in [3.63, 3.8) is 0 Å². The van der Waals surface area contributed by atoms with Crippen LogP contribution in [-0.4, -0.2) is 33.9 Å². The van der Waals surface area contributed by atoms with Gasteiger partial charge in [-0.15, -0.1) is 5.92 Å². The van der Waals surface area contributed by atoms with Gasteiger partial charge in [0.1, 0.15) is 11.3 Å². The molecule has 8 nitrogen and oxygen atoms in total. The van der Waals surface area contributed by atoms with Crippen LogP contribution in [0.1, 0.15) is 37.3 Å². The van der Waals surface area contributed by atoms with Gasteiger partial charge in [0, 0.05) is 22.4 Å². The lowest BCUT2D eigenvalue weighted by Crippen LogP contribution is -2.29. The Balaban J connectivity index is 0.000000218. The van der Waals surface area contributed by atoms with Crippen molar-refractivity contribution < 1.29 is 13.9 Å². The number of thioether (sulfide) groups is 1. The Morgan fingerprint density at radius 1 is 1.30 bits per heavy atom. The quantitative estimate of drug-likeness (QED) is 0.429. The van der Waals surface area contributed by atoms with Gasteiger partial charge in [-0.3, -0.25) is 14.8 Å². The van der Waals surface area contributed by atoms with E-state index in [9.17, 15) is 4.79 Å². The van der Waals surface area contributed by atoms with E-state index in [2.05, 4.69) is 39.0 Å². The minimum atomic E-state index is -0.432. The molecule has 2 aromatic heterocycles. The summed E-state index contributed by atoms with van der Waals surface area (Å²) in [6.07, 6.45) is 4.80. The highest BCUT2D eigenvalue weighted by Gasteiger charge is 2.32. The second-order valence-electron chi connectivity index (χ2n) is 7.60. The molecule has 4 rings (SSSR count). The smallest absolute Gasteiger partial charge is 0.233 e. The molecule has 1 amide bonds. The van der Waals surface area contributed by atoms with Crippen molar-refractivity contribution in [1.82, 2.24) is 9.97 Å². The molecular formula is C24H27N5O3S. The molecule has 1 aromatic carbocycles. The monoisotopic (exact) mass is 465 g/mol. The lowest BCUT2D eigenvalue weighted by molar-refractivity contribution is -0.105. The zero-order chi connectivity index (χ0) is 23.8. The Morgan fingerprint density at radius 2 is 2.12 bits per heavy atom. The molecule has 0 saturated carbocycles. The lowest BCUT2D eigenvalue weighted by Gasteiger charge is -2.30. The number of anilines is 1. The van der Waals surface area contributed by atoms with Crippen LogP contribution in [0.25, 0.3) is 11.0 Å². The average molecular weight is 466 g/mol. The topological polar surface area (TPSA) is 116 Å². The number of aliphatic imine (C=N–C) groups is 1. The van der Waals surface area contributed by atoms with Crippen LogP contribution in [0.4, 0.5) is 5.69 Å². The third-order valence-electron chi connectivity index (χ3n) is 4.97. The molecule has 33 heavy (non-hydrogen) atoms. The van der Waals surface area contributed by atoms with Crippen LogP contribution in [0.3, 0.4) is 0 Å². The fraction of sp³-hybridized carbons (Fsp3) is 0.333. The SMILES string of the molecule is CC#CCOc1cnc(C)cn1.Cc1cc2cc(NC=O)cc(C3(C)CCSC(N)=N3)c2o1. The number of nitrogens with two attached hydrogens (primary N) is 1. The molecule has 1 aliphatic rings. The van der Waals surface area contributed by atoms with E-state index < -0.39 is 5.54 Å². The third-order valence-corrected chi connectivity index (χ3v) is 5.76. The number of amidine groups is 1. The van der Waals surface area contributed by atoms with Crippen molar-refractivity contribution in [2.75, 3.05) is 17.7 Å². The van der Waals surface area contributed by atoms with E-state index in [0.717, 1.165) is 45.8 Å². The normalized spacial score (nSPS) is 17.2. The number of aromatic nitrogens is 2. The molecule has 0 aliphatic carbocycles. The van der Waals surface area contributed by atoms with Gasteiger partial charge in [-0.1, -0.05) is 17.7 Å². The second kappa shape index (κ2) is 10.9. The number of benzene rings is 1. The van der Waals surface area contributed by atoms with Crippen LogP contribution in [-0.2, 0) is 10.3 Å². The number of furan rings is 1. The number of aryl methyl sites for hydroxylation is 2. The first kappa shape index (κ1) is 24.1. The number of carbonyl (C=O) groups excluding carboxylic acids is 1. The van der Waals surface area contributed by atoms with Gasteiger partial charge in [0.05, 0.1) is 23.6 Å². The van der Waals surface area contributed by atoms with Crippen molar-refractivity contribution in [3.8, 4) is 17.7 Å². The molecular weight excluding hydrogens is 438 g/mol. The van der Waals surface area contributed by atoms with Crippen molar-refractivity contribution in [1.29, 1.82) is 0 Å². The third kappa shape index (κ3) is 6.26. The van der Waals surface area contributed by atoms with E-state index in [1.54, 1.807) is 31.1 Å². The van der Waals surface area contributed by atoms with Crippen LogP contribution >= 0.6 is 11.8 Å². The van der Waals surface area contributed by atoms with Crippen molar-refractivity contribution in [2.45, 2.75) is 39.7 Å². The number of amides is 1. The van der Waals surface area contributed by atoms with E-state index in [0.29, 0.717) is 24.1 Å². The van der Waals surface area contributed by atoms with Gasteiger partial charge in [0.25, 0.3) is 0 Å². The minimum Gasteiger partial charge on any atom is -0.463 e. The number of fused-ring (bicyclic) bond motifs is 1. The predicted octanol–water partition coefficient (Wildman–Crippen LogP) is 4.16. The fourth-order valence-electron chi connectivity index (χ4n) is 3.35. The first-order chi connectivity index (χ1) is 15.8. The van der Waals surface area contributed by atoms with Gasteiger partial charge in [-0.25, -0.2) is 4.98 Å². The minimum absolute atomic E-state index is 0.369. The van der Waals surface area contributed by atoms with Crippen LogP contribution in [0, 0.1) is 25.7 Å². The molecule has 0 spiro atoms. The first-order valence-electron chi connectivity index (χ1n) is 10.4. The molecule has 0 radical (unpaired) electrons. The summed E-state index contributed by atoms with van der Waals surface area (Å²) in [6.45, 7) is 7.98. The van der Waals surface area contributed by atoms with Gasteiger partial charge in [-0.05, 0) is 52.3 Å². The summed E-state index contributed by atoms with van der Waals surface area (Å²) in [4.78, 5) is 23.4. The molecule has 0 fully saturated rings. The van der Waals surface area contributed by atoms with E-state index in [4.69, 9.17) is 14.9 Å². The molecule has 172 valence electrons. The number of nitrogens with one attached hydrogen (secondary N) is 1. The molecule has 9 heteroatoms.